The molecule has 0 unspecified atom stereocenters. The zero-order valence-electron chi connectivity index (χ0n) is 8.56. The lowest BCUT2D eigenvalue weighted by Gasteiger charge is -1.97. The number of alkyl halides is 1. The van der Waals surface area contributed by atoms with Crippen LogP contribution in [0, 0.1) is 13.8 Å². The molecule has 0 bridgehead atoms. The van der Waals surface area contributed by atoms with Gasteiger partial charge in [-0.1, -0.05) is 11.6 Å². The summed E-state index contributed by atoms with van der Waals surface area (Å²) >= 11 is 5.72. The van der Waals surface area contributed by atoms with Crippen LogP contribution in [-0.2, 0) is 7.05 Å². The largest absolute Gasteiger partial charge is 0.272 e. The van der Waals surface area contributed by atoms with Gasteiger partial charge in [-0.2, -0.15) is 5.10 Å². The van der Waals surface area contributed by atoms with E-state index >= 15 is 0 Å². The lowest BCUT2D eigenvalue weighted by Crippen LogP contribution is -1.92. The van der Waals surface area contributed by atoms with Gasteiger partial charge in [0.05, 0.1) is 5.69 Å². The van der Waals surface area contributed by atoms with Crippen molar-refractivity contribution >= 4 is 17.7 Å². The predicted octanol–water partition coefficient (Wildman–Crippen LogP) is 2.68. The fourth-order valence-corrected chi connectivity index (χ4v) is 1.36. The van der Waals surface area contributed by atoms with Crippen molar-refractivity contribution in [2.45, 2.75) is 20.8 Å². The Hall–Kier alpha value is -0.760. The molecule has 1 rings (SSSR count). The first-order chi connectivity index (χ1) is 6.06. The van der Waals surface area contributed by atoms with Crippen LogP contribution < -0.4 is 0 Å². The van der Waals surface area contributed by atoms with Gasteiger partial charge < -0.3 is 0 Å². The van der Waals surface area contributed by atoms with Gasteiger partial charge in [-0.05, 0) is 20.8 Å². The number of rotatable bonds is 2. The van der Waals surface area contributed by atoms with E-state index < -0.39 is 0 Å². The summed E-state index contributed by atoms with van der Waals surface area (Å²) < 4.78 is 1.89. The van der Waals surface area contributed by atoms with Gasteiger partial charge in [0.2, 0.25) is 0 Å². The summed E-state index contributed by atoms with van der Waals surface area (Å²) in [5, 5.41) is 4.33. The third-order valence-corrected chi connectivity index (χ3v) is 2.59. The lowest BCUT2D eigenvalue weighted by molar-refractivity contribution is 0.731. The van der Waals surface area contributed by atoms with Crippen LogP contribution in [0.1, 0.15) is 23.9 Å². The van der Waals surface area contributed by atoms with Crippen molar-refractivity contribution in [2.75, 3.05) is 5.88 Å². The van der Waals surface area contributed by atoms with E-state index in [-0.39, 0.29) is 0 Å². The van der Waals surface area contributed by atoms with Crippen molar-refractivity contribution in [1.29, 1.82) is 0 Å². The smallest absolute Gasteiger partial charge is 0.0668 e. The highest BCUT2D eigenvalue weighted by atomic mass is 35.5. The van der Waals surface area contributed by atoms with E-state index in [1.165, 1.54) is 16.8 Å². The molecular weight excluding hydrogens is 184 g/mol. The SMILES string of the molecule is CC(=Cc1c(C)nn(C)c1C)CCl. The average molecular weight is 199 g/mol. The fraction of sp³-hybridized carbons (Fsp3) is 0.500. The standard InChI is InChI=1S/C10H15ClN2/c1-7(6-11)5-10-8(2)12-13(4)9(10)3/h5H,6H2,1-4H3. The molecule has 0 aliphatic carbocycles. The van der Waals surface area contributed by atoms with Crippen molar-refractivity contribution in [2.24, 2.45) is 7.05 Å². The molecule has 0 fully saturated rings. The van der Waals surface area contributed by atoms with Crippen LogP contribution >= 0.6 is 11.6 Å². The van der Waals surface area contributed by atoms with Crippen LogP contribution in [0.25, 0.3) is 6.08 Å². The number of hydrogen-bond acceptors (Lipinski definition) is 1. The Morgan fingerprint density at radius 3 is 2.54 bits per heavy atom. The van der Waals surface area contributed by atoms with Gasteiger partial charge in [0, 0.05) is 24.2 Å². The van der Waals surface area contributed by atoms with Crippen LogP contribution in [0.15, 0.2) is 5.57 Å². The van der Waals surface area contributed by atoms with E-state index in [1.54, 1.807) is 0 Å². The second-order valence-corrected chi connectivity index (χ2v) is 3.60. The maximum absolute atomic E-state index is 5.72. The summed E-state index contributed by atoms with van der Waals surface area (Å²) in [6, 6.07) is 0. The molecule has 2 nitrogen and oxygen atoms in total. The van der Waals surface area contributed by atoms with E-state index in [2.05, 4.69) is 18.1 Å². The van der Waals surface area contributed by atoms with Crippen molar-refractivity contribution < 1.29 is 0 Å². The van der Waals surface area contributed by atoms with Gasteiger partial charge in [-0.25, -0.2) is 0 Å². The Kier molecular flexibility index (Phi) is 3.15. The summed E-state index contributed by atoms with van der Waals surface area (Å²) in [5.74, 6) is 0.577. The molecule has 0 aromatic carbocycles. The number of aromatic nitrogens is 2. The molecule has 0 N–H and O–H groups in total. The molecule has 0 saturated heterocycles. The van der Waals surface area contributed by atoms with Crippen LogP contribution in [-0.4, -0.2) is 15.7 Å². The van der Waals surface area contributed by atoms with Gasteiger partial charge in [-0.3, -0.25) is 4.68 Å². The zero-order valence-corrected chi connectivity index (χ0v) is 9.31. The molecule has 0 radical (unpaired) electrons. The van der Waals surface area contributed by atoms with E-state index in [0.29, 0.717) is 5.88 Å². The molecule has 1 aromatic heterocycles. The summed E-state index contributed by atoms with van der Waals surface area (Å²) in [5.41, 5.74) is 4.60. The van der Waals surface area contributed by atoms with E-state index in [1.807, 2.05) is 25.6 Å². The summed E-state index contributed by atoms with van der Waals surface area (Å²) in [4.78, 5) is 0. The maximum Gasteiger partial charge on any atom is 0.0668 e. The molecule has 0 amide bonds. The summed E-state index contributed by atoms with van der Waals surface area (Å²) in [7, 11) is 1.95. The third kappa shape index (κ3) is 2.13. The third-order valence-electron chi connectivity index (χ3n) is 2.17. The van der Waals surface area contributed by atoms with Crippen molar-refractivity contribution in [3.63, 3.8) is 0 Å². The first-order valence-corrected chi connectivity index (χ1v) is 4.83. The number of allylic oxidation sites excluding steroid dienone is 1. The van der Waals surface area contributed by atoms with Crippen LogP contribution in [0.5, 0.6) is 0 Å². The minimum absolute atomic E-state index is 0.577. The molecule has 3 heteroatoms. The van der Waals surface area contributed by atoms with Gasteiger partial charge in [-0.15, -0.1) is 11.6 Å². The van der Waals surface area contributed by atoms with Crippen LogP contribution in [0.2, 0.25) is 0 Å². The molecule has 0 aliphatic heterocycles. The minimum atomic E-state index is 0.577. The first-order valence-electron chi connectivity index (χ1n) is 4.29. The molecule has 1 heterocycles. The Labute approximate surface area is 84.2 Å². The van der Waals surface area contributed by atoms with Gasteiger partial charge >= 0.3 is 0 Å². The molecule has 0 saturated carbocycles. The Morgan fingerprint density at radius 2 is 2.15 bits per heavy atom. The normalized spacial score (nSPS) is 12.2. The first kappa shape index (κ1) is 10.3. The number of nitrogens with zero attached hydrogens (tertiary/aromatic N) is 2. The molecule has 72 valence electrons. The van der Waals surface area contributed by atoms with Gasteiger partial charge in [0.15, 0.2) is 0 Å². The van der Waals surface area contributed by atoms with E-state index in [4.69, 9.17) is 11.6 Å². The molecule has 0 spiro atoms. The van der Waals surface area contributed by atoms with Gasteiger partial charge in [0.25, 0.3) is 0 Å². The Balaban J connectivity index is 3.14. The highest BCUT2D eigenvalue weighted by Gasteiger charge is 2.06. The molecule has 1 aromatic rings. The van der Waals surface area contributed by atoms with E-state index in [9.17, 15) is 0 Å². The molecule has 0 atom stereocenters. The van der Waals surface area contributed by atoms with Crippen molar-refractivity contribution in [3.8, 4) is 0 Å². The Morgan fingerprint density at radius 1 is 1.54 bits per heavy atom. The highest BCUT2D eigenvalue weighted by Crippen LogP contribution is 2.16. The molecule has 13 heavy (non-hydrogen) atoms. The second kappa shape index (κ2) is 3.97. The highest BCUT2D eigenvalue weighted by molar-refractivity contribution is 6.19. The van der Waals surface area contributed by atoms with Crippen molar-refractivity contribution in [3.05, 3.63) is 22.5 Å². The van der Waals surface area contributed by atoms with Gasteiger partial charge in [0.1, 0.15) is 0 Å². The number of halogens is 1. The topological polar surface area (TPSA) is 17.8 Å². The monoisotopic (exact) mass is 198 g/mol. The fourth-order valence-electron chi connectivity index (χ4n) is 1.28. The average Bonchev–Trinajstić information content (AvgIpc) is 2.32. The van der Waals surface area contributed by atoms with Crippen LogP contribution in [0.3, 0.4) is 0 Å². The predicted molar refractivity (Wildman–Crippen MR) is 57.1 cm³/mol. The quantitative estimate of drug-likeness (QED) is 0.669. The molecular formula is C10H15ClN2. The molecule has 0 aliphatic rings. The zero-order chi connectivity index (χ0) is 10.0. The maximum atomic E-state index is 5.72. The summed E-state index contributed by atoms with van der Waals surface area (Å²) in [6.45, 7) is 6.10. The Bertz CT molecular complexity index is 337. The number of aryl methyl sites for hydroxylation is 2. The summed E-state index contributed by atoms with van der Waals surface area (Å²) in [6.07, 6.45) is 2.10. The van der Waals surface area contributed by atoms with E-state index in [0.717, 1.165) is 5.69 Å². The number of hydrogen-bond donors (Lipinski definition) is 0. The second-order valence-electron chi connectivity index (χ2n) is 3.33. The lowest BCUT2D eigenvalue weighted by atomic mass is 10.1. The van der Waals surface area contributed by atoms with Crippen LogP contribution in [0.4, 0.5) is 0 Å². The minimum Gasteiger partial charge on any atom is -0.272 e. The van der Waals surface area contributed by atoms with Crippen molar-refractivity contribution in [1.82, 2.24) is 9.78 Å².